The van der Waals surface area contributed by atoms with E-state index < -0.39 is 11.7 Å². The van der Waals surface area contributed by atoms with Gasteiger partial charge in [-0.2, -0.15) is 0 Å². The Labute approximate surface area is 101 Å². The summed E-state index contributed by atoms with van der Waals surface area (Å²) >= 11 is 0. The summed E-state index contributed by atoms with van der Waals surface area (Å²) < 4.78 is 5.13. The van der Waals surface area contributed by atoms with E-state index in [4.69, 9.17) is 4.74 Å². The molecule has 0 radical (unpaired) electrons. The first-order chi connectivity index (χ1) is 7.92. The van der Waals surface area contributed by atoms with Crippen molar-refractivity contribution in [2.45, 2.75) is 26.4 Å². The number of pyridine rings is 1. The van der Waals surface area contributed by atoms with Crippen LogP contribution in [0.2, 0.25) is 0 Å². The molecule has 0 saturated carbocycles. The van der Waals surface area contributed by atoms with Gasteiger partial charge in [-0.1, -0.05) is 6.58 Å². The number of nitrogens with zero attached hydrogens (tertiary/aromatic N) is 1. The van der Waals surface area contributed by atoms with Crippen LogP contribution in [0.15, 0.2) is 30.6 Å². The zero-order valence-electron chi connectivity index (χ0n) is 10.3. The summed E-state index contributed by atoms with van der Waals surface area (Å²) in [6.07, 6.45) is 2.70. The van der Waals surface area contributed by atoms with Crippen molar-refractivity contribution in [1.29, 1.82) is 0 Å². The van der Waals surface area contributed by atoms with Crippen LogP contribution in [0, 0.1) is 0 Å². The molecular formula is C13H16N2O2. The van der Waals surface area contributed by atoms with E-state index in [1.54, 1.807) is 45.2 Å². The first kappa shape index (κ1) is 13.0. The fraction of sp³-hybridized carbons (Fsp3) is 0.308. The number of carbonyl (C=O) groups is 1. The molecule has 17 heavy (non-hydrogen) atoms. The maximum Gasteiger partial charge on any atom is 0.413 e. The van der Waals surface area contributed by atoms with Crippen LogP contribution in [-0.4, -0.2) is 16.7 Å². The van der Waals surface area contributed by atoms with Crippen LogP contribution >= 0.6 is 0 Å². The van der Waals surface area contributed by atoms with Crippen LogP contribution in [-0.2, 0) is 4.74 Å². The van der Waals surface area contributed by atoms with E-state index in [9.17, 15) is 4.79 Å². The van der Waals surface area contributed by atoms with E-state index in [-0.39, 0.29) is 0 Å². The van der Waals surface area contributed by atoms with Gasteiger partial charge in [0.05, 0.1) is 0 Å². The van der Waals surface area contributed by atoms with Gasteiger partial charge in [0.25, 0.3) is 0 Å². The fourth-order valence-electron chi connectivity index (χ4n) is 1.15. The molecule has 0 bridgehead atoms. The van der Waals surface area contributed by atoms with E-state index in [0.29, 0.717) is 5.82 Å². The first-order valence-corrected chi connectivity index (χ1v) is 5.23. The second-order valence-electron chi connectivity index (χ2n) is 4.42. The molecule has 90 valence electrons. The van der Waals surface area contributed by atoms with Crippen LogP contribution in [0.1, 0.15) is 26.3 Å². The zero-order chi connectivity index (χ0) is 12.9. The molecule has 1 amide bonds. The molecule has 4 heteroatoms. The molecule has 4 nitrogen and oxygen atoms in total. The van der Waals surface area contributed by atoms with E-state index in [1.165, 1.54) is 0 Å². The average molecular weight is 232 g/mol. The van der Waals surface area contributed by atoms with E-state index >= 15 is 0 Å². The molecule has 1 aromatic heterocycles. The van der Waals surface area contributed by atoms with Crippen molar-refractivity contribution in [3.05, 3.63) is 36.2 Å². The molecule has 0 aliphatic carbocycles. The zero-order valence-corrected chi connectivity index (χ0v) is 10.3. The van der Waals surface area contributed by atoms with Crippen molar-refractivity contribution in [2.75, 3.05) is 5.32 Å². The maximum atomic E-state index is 11.6. The van der Waals surface area contributed by atoms with Gasteiger partial charge in [-0.3, -0.25) is 5.32 Å². The minimum absolute atomic E-state index is 0.429. The number of carbonyl (C=O) groups excluding carboxylic acids is 1. The predicted molar refractivity (Wildman–Crippen MR) is 67.7 cm³/mol. The lowest BCUT2D eigenvalue weighted by atomic mass is 10.2. The summed E-state index contributed by atoms with van der Waals surface area (Å²) in [5, 5.41) is 2.58. The SMILES string of the molecule is C=C=Cc1cccnc1NC(=O)OC(C)(C)C. The molecule has 1 rings (SSSR count). The molecule has 0 aromatic carbocycles. The standard InChI is InChI=1S/C13H16N2O2/c1-5-7-10-8-6-9-14-11(10)15-12(16)17-13(2,3)4/h6-9H,1H2,2-4H3,(H,14,15,16). The second-order valence-corrected chi connectivity index (χ2v) is 4.42. The van der Waals surface area contributed by atoms with Gasteiger partial charge < -0.3 is 4.74 Å². The highest BCUT2D eigenvalue weighted by atomic mass is 16.6. The largest absolute Gasteiger partial charge is 0.444 e. The Balaban J connectivity index is 2.81. The molecular weight excluding hydrogens is 216 g/mol. The summed E-state index contributed by atoms with van der Waals surface area (Å²) in [5.74, 6) is 0.429. The first-order valence-electron chi connectivity index (χ1n) is 5.23. The highest BCUT2D eigenvalue weighted by Crippen LogP contribution is 2.14. The third-order valence-corrected chi connectivity index (χ3v) is 1.72. The molecule has 0 spiro atoms. The van der Waals surface area contributed by atoms with Gasteiger partial charge in [0.15, 0.2) is 0 Å². The molecule has 1 heterocycles. The lowest BCUT2D eigenvalue weighted by molar-refractivity contribution is 0.0635. The van der Waals surface area contributed by atoms with Crippen molar-refractivity contribution in [1.82, 2.24) is 4.98 Å². The highest BCUT2D eigenvalue weighted by molar-refractivity contribution is 5.86. The normalized spacial score (nSPS) is 10.3. The van der Waals surface area contributed by atoms with Crippen LogP contribution in [0.3, 0.4) is 0 Å². The Kier molecular flexibility index (Phi) is 4.07. The Morgan fingerprint density at radius 2 is 2.29 bits per heavy atom. The van der Waals surface area contributed by atoms with Gasteiger partial charge in [-0.25, -0.2) is 9.78 Å². The van der Waals surface area contributed by atoms with Crippen LogP contribution in [0.5, 0.6) is 0 Å². The van der Waals surface area contributed by atoms with Crippen molar-refractivity contribution < 1.29 is 9.53 Å². The number of rotatable bonds is 2. The Morgan fingerprint density at radius 3 is 2.88 bits per heavy atom. The predicted octanol–water partition coefficient (Wildman–Crippen LogP) is 3.23. The fourth-order valence-corrected chi connectivity index (χ4v) is 1.15. The summed E-state index contributed by atoms with van der Waals surface area (Å²) in [7, 11) is 0. The van der Waals surface area contributed by atoms with Gasteiger partial charge >= 0.3 is 6.09 Å². The van der Waals surface area contributed by atoms with Crippen molar-refractivity contribution in [3.8, 4) is 0 Å². The van der Waals surface area contributed by atoms with E-state index in [2.05, 4.69) is 22.6 Å². The molecule has 1 aromatic rings. The number of amides is 1. The number of ether oxygens (including phenoxy) is 1. The highest BCUT2D eigenvalue weighted by Gasteiger charge is 2.17. The van der Waals surface area contributed by atoms with E-state index in [0.717, 1.165) is 5.56 Å². The molecule has 0 aliphatic rings. The van der Waals surface area contributed by atoms with E-state index in [1.807, 2.05) is 0 Å². The van der Waals surface area contributed by atoms with Gasteiger partial charge in [0.2, 0.25) is 0 Å². The van der Waals surface area contributed by atoms with Crippen LogP contribution < -0.4 is 5.32 Å². The molecule has 0 saturated heterocycles. The summed E-state index contributed by atoms with van der Waals surface area (Å²) in [4.78, 5) is 15.6. The smallest absolute Gasteiger partial charge is 0.413 e. The monoisotopic (exact) mass is 232 g/mol. The Morgan fingerprint density at radius 1 is 1.59 bits per heavy atom. The molecule has 0 unspecified atom stereocenters. The number of aromatic nitrogens is 1. The van der Waals surface area contributed by atoms with Crippen LogP contribution in [0.4, 0.5) is 10.6 Å². The van der Waals surface area contributed by atoms with Crippen molar-refractivity contribution >= 4 is 18.0 Å². The molecule has 0 aliphatic heterocycles. The van der Waals surface area contributed by atoms with Gasteiger partial charge in [-0.15, -0.1) is 5.73 Å². The summed E-state index contributed by atoms with van der Waals surface area (Å²) in [6, 6.07) is 3.57. The number of hydrogen-bond acceptors (Lipinski definition) is 3. The van der Waals surface area contributed by atoms with Crippen molar-refractivity contribution in [3.63, 3.8) is 0 Å². The average Bonchev–Trinajstić information content (AvgIpc) is 2.18. The number of anilines is 1. The molecule has 0 atom stereocenters. The lowest BCUT2D eigenvalue weighted by Gasteiger charge is -2.19. The molecule has 1 N–H and O–H groups in total. The summed E-state index contributed by atoms with van der Waals surface area (Å²) in [6.45, 7) is 8.89. The third-order valence-electron chi connectivity index (χ3n) is 1.72. The van der Waals surface area contributed by atoms with Gasteiger partial charge in [0.1, 0.15) is 11.4 Å². The number of hydrogen-bond donors (Lipinski definition) is 1. The van der Waals surface area contributed by atoms with Gasteiger partial charge in [0, 0.05) is 11.8 Å². The minimum Gasteiger partial charge on any atom is -0.444 e. The Bertz CT molecular complexity index is 455. The van der Waals surface area contributed by atoms with Crippen LogP contribution in [0.25, 0.3) is 6.08 Å². The Hall–Kier alpha value is -2.06. The minimum atomic E-state index is -0.534. The molecule has 0 fully saturated rings. The second kappa shape index (κ2) is 5.32. The van der Waals surface area contributed by atoms with Gasteiger partial charge in [-0.05, 0) is 39.0 Å². The maximum absolute atomic E-state index is 11.6. The topological polar surface area (TPSA) is 51.2 Å². The third kappa shape index (κ3) is 4.53. The number of nitrogens with one attached hydrogen (secondary N) is 1. The van der Waals surface area contributed by atoms with Crippen molar-refractivity contribution in [2.24, 2.45) is 0 Å². The summed E-state index contributed by atoms with van der Waals surface area (Å²) in [5.41, 5.74) is 2.83. The lowest BCUT2D eigenvalue weighted by Crippen LogP contribution is -2.27. The quantitative estimate of drug-likeness (QED) is 0.796.